The lowest BCUT2D eigenvalue weighted by Gasteiger charge is -2.30. The summed E-state index contributed by atoms with van der Waals surface area (Å²) in [5.41, 5.74) is 5.71. The molecule has 7 nitrogen and oxygen atoms in total. The number of nitrogens with two attached hydrogens (primary N) is 1. The van der Waals surface area contributed by atoms with Gasteiger partial charge in [-0.2, -0.15) is 15.0 Å². The molecule has 7 heteroatoms. The van der Waals surface area contributed by atoms with Gasteiger partial charge >= 0.3 is 0 Å². The smallest absolute Gasteiger partial charge is 0.229 e. The number of aliphatic hydroxyl groups is 1. The van der Waals surface area contributed by atoms with E-state index in [9.17, 15) is 0 Å². The third-order valence-electron chi connectivity index (χ3n) is 3.42. The van der Waals surface area contributed by atoms with Crippen LogP contribution in [-0.4, -0.2) is 58.8 Å². The highest BCUT2D eigenvalue weighted by molar-refractivity contribution is 5.32. The Balaban J connectivity index is 1.99. The summed E-state index contributed by atoms with van der Waals surface area (Å²) in [4.78, 5) is 16.8. The molecular weight excluding hydrogens is 244 g/mol. The van der Waals surface area contributed by atoms with Gasteiger partial charge in [-0.1, -0.05) is 0 Å². The molecule has 0 atom stereocenters. The summed E-state index contributed by atoms with van der Waals surface area (Å²) in [6.07, 6.45) is 2.05. The zero-order valence-corrected chi connectivity index (χ0v) is 11.6. The summed E-state index contributed by atoms with van der Waals surface area (Å²) in [6, 6.07) is 0. The molecule has 19 heavy (non-hydrogen) atoms. The number of nitrogen functional groups attached to an aromatic ring is 1. The normalized spacial score (nSPS) is 17.6. The van der Waals surface area contributed by atoms with Gasteiger partial charge in [0, 0.05) is 20.7 Å². The summed E-state index contributed by atoms with van der Waals surface area (Å²) in [6.45, 7) is 2.91. The molecule has 0 unspecified atom stereocenters. The minimum Gasteiger partial charge on any atom is -0.396 e. The van der Waals surface area contributed by atoms with Crippen LogP contribution in [0.1, 0.15) is 18.7 Å². The molecule has 0 bridgehead atoms. The second-order valence-corrected chi connectivity index (χ2v) is 5.21. The molecule has 1 aromatic heterocycles. The van der Waals surface area contributed by atoms with Gasteiger partial charge < -0.3 is 15.7 Å². The van der Waals surface area contributed by atoms with Gasteiger partial charge in [-0.05, 0) is 31.8 Å². The number of likely N-dealkylation sites (tertiary alicyclic amines) is 1. The van der Waals surface area contributed by atoms with Gasteiger partial charge in [-0.15, -0.1) is 0 Å². The van der Waals surface area contributed by atoms with E-state index in [0.717, 1.165) is 25.9 Å². The number of hydrogen-bond donors (Lipinski definition) is 2. The van der Waals surface area contributed by atoms with Crippen LogP contribution in [0.3, 0.4) is 0 Å². The highest BCUT2D eigenvalue weighted by atomic mass is 16.3. The zero-order valence-electron chi connectivity index (χ0n) is 11.6. The Kier molecular flexibility index (Phi) is 4.49. The van der Waals surface area contributed by atoms with Crippen LogP contribution in [0, 0.1) is 5.92 Å². The average molecular weight is 266 g/mol. The first kappa shape index (κ1) is 14.0. The van der Waals surface area contributed by atoms with Gasteiger partial charge in [0.2, 0.25) is 11.9 Å². The molecule has 1 aliphatic rings. The molecule has 3 N–H and O–H groups in total. The molecule has 2 heterocycles. The average Bonchev–Trinajstić information content (AvgIpc) is 2.39. The Morgan fingerprint density at radius 1 is 1.26 bits per heavy atom. The number of rotatable bonds is 4. The lowest BCUT2D eigenvalue weighted by molar-refractivity contribution is 0.125. The Morgan fingerprint density at radius 3 is 2.53 bits per heavy atom. The summed E-state index contributed by atoms with van der Waals surface area (Å²) in [5.74, 6) is 2.00. The van der Waals surface area contributed by atoms with E-state index in [0.29, 0.717) is 24.2 Å². The van der Waals surface area contributed by atoms with Crippen LogP contribution in [0.5, 0.6) is 0 Å². The standard InChI is InChI=1S/C12H22N6O/c1-17(2)12-15-10(14-11(13)16-12)7-18-5-3-9(8-19)4-6-18/h9,19H,3-8H2,1-2H3,(H2,13,14,15,16). The topological polar surface area (TPSA) is 91.4 Å². The predicted octanol–water partition coefficient (Wildman–Crippen LogP) is -0.276. The Hall–Kier alpha value is -1.47. The maximum Gasteiger partial charge on any atom is 0.229 e. The Bertz CT molecular complexity index is 417. The molecule has 0 aromatic carbocycles. The maximum atomic E-state index is 9.13. The lowest BCUT2D eigenvalue weighted by atomic mass is 9.98. The van der Waals surface area contributed by atoms with E-state index < -0.39 is 0 Å². The van der Waals surface area contributed by atoms with Crippen LogP contribution in [0.4, 0.5) is 11.9 Å². The monoisotopic (exact) mass is 266 g/mol. The maximum absolute atomic E-state index is 9.13. The zero-order chi connectivity index (χ0) is 13.8. The third-order valence-corrected chi connectivity index (χ3v) is 3.42. The van der Waals surface area contributed by atoms with Crippen LogP contribution in [-0.2, 0) is 6.54 Å². The van der Waals surface area contributed by atoms with Crippen molar-refractivity contribution in [1.82, 2.24) is 19.9 Å². The highest BCUT2D eigenvalue weighted by Gasteiger charge is 2.19. The largest absolute Gasteiger partial charge is 0.396 e. The summed E-state index contributed by atoms with van der Waals surface area (Å²) in [7, 11) is 3.76. The van der Waals surface area contributed by atoms with Crippen LogP contribution in [0.2, 0.25) is 0 Å². The summed E-state index contributed by atoms with van der Waals surface area (Å²) < 4.78 is 0. The van der Waals surface area contributed by atoms with Crippen molar-refractivity contribution >= 4 is 11.9 Å². The second kappa shape index (κ2) is 6.12. The number of piperidine rings is 1. The molecule has 1 saturated heterocycles. The van der Waals surface area contributed by atoms with Gasteiger partial charge in [-0.25, -0.2) is 0 Å². The SMILES string of the molecule is CN(C)c1nc(N)nc(CN2CCC(CO)CC2)n1. The van der Waals surface area contributed by atoms with Crippen LogP contribution in [0.15, 0.2) is 0 Å². The van der Waals surface area contributed by atoms with Gasteiger partial charge in [0.05, 0.1) is 6.54 Å². The summed E-state index contributed by atoms with van der Waals surface area (Å²) >= 11 is 0. The molecule has 0 aliphatic carbocycles. The molecule has 1 aliphatic heterocycles. The molecule has 0 radical (unpaired) electrons. The molecule has 0 spiro atoms. The fourth-order valence-electron chi connectivity index (χ4n) is 2.22. The van der Waals surface area contributed by atoms with E-state index >= 15 is 0 Å². The van der Waals surface area contributed by atoms with Crippen molar-refractivity contribution in [2.24, 2.45) is 5.92 Å². The number of nitrogens with zero attached hydrogens (tertiary/aromatic N) is 5. The molecular formula is C12H22N6O. The van der Waals surface area contributed by atoms with Crippen molar-refractivity contribution in [2.45, 2.75) is 19.4 Å². The molecule has 0 saturated carbocycles. The van der Waals surface area contributed by atoms with Crippen molar-refractivity contribution in [3.8, 4) is 0 Å². The van der Waals surface area contributed by atoms with Gasteiger partial charge in [0.15, 0.2) is 0 Å². The van der Waals surface area contributed by atoms with Crippen molar-refractivity contribution in [2.75, 3.05) is 44.4 Å². The van der Waals surface area contributed by atoms with E-state index in [2.05, 4.69) is 19.9 Å². The molecule has 2 rings (SSSR count). The lowest BCUT2D eigenvalue weighted by Crippen LogP contribution is -2.35. The molecule has 106 valence electrons. The minimum atomic E-state index is 0.263. The van der Waals surface area contributed by atoms with Gasteiger partial charge in [-0.3, -0.25) is 4.90 Å². The van der Waals surface area contributed by atoms with Crippen LogP contribution >= 0.6 is 0 Å². The van der Waals surface area contributed by atoms with Crippen molar-refractivity contribution in [3.63, 3.8) is 0 Å². The Labute approximate surface area is 113 Å². The number of aromatic nitrogens is 3. The third kappa shape index (κ3) is 3.74. The minimum absolute atomic E-state index is 0.263. The predicted molar refractivity (Wildman–Crippen MR) is 73.7 cm³/mol. The number of hydrogen-bond acceptors (Lipinski definition) is 7. The van der Waals surface area contributed by atoms with Crippen LogP contribution in [0.25, 0.3) is 0 Å². The van der Waals surface area contributed by atoms with Crippen molar-refractivity contribution in [3.05, 3.63) is 5.82 Å². The van der Waals surface area contributed by atoms with E-state index in [1.807, 2.05) is 19.0 Å². The van der Waals surface area contributed by atoms with Gasteiger partial charge in [0.25, 0.3) is 0 Å². The Morgan fingerprint density at radius 2 is 1.95 bits per heavy atom. The fourth-order valence-corrected chi connectivity index (χ4v) is 2.22. The van der Waals surface area contributed by atoms with Crippen molar-refractivity contribution in [1.29, 1.82) is 0 Å². The molecule has 1 aromatic rings. The van der Waals surface area contributed by atoms with E-state index in [1.54, 1.807) is 0 Å². The fraction of sp³-hybridized carbons (Fsp3) is 0.750. The van der Waals surface area contributed by atoms with E-state index in [1.165, 1.54) is 0 Å². The van der Waals surface area contributed by atoms with Crippen LogP contribution < -0.4 is 10.6 Å². The van der Waals surface area contributed by atoms with E-state index in [-0.39, 0.29) is 12.6 Å². The first-order valence-corrected chi connectivity index (χ1v) is 6.59. The molecule has 0 amide bonds. The van der Waals surface area contributed by atoms with E-state index in [4.69, 9.17) is 10.8 Å². The second-order valence-electron chi connectivity index (χ2n) is 5.21. The number of aliphatic hydroxyl groups excluding tert-OH is 1. The quantitative estimate of drug-likeness (QED) is 0.774. The number of anilines is 2. The highest BCUT2D eigenvalue weighted by Crippen LogP contribution is 2.18. The van der Waals surface area contributed by atoms with Gasteiger partial charge in [0.1, 0.15) is 5.82 Å². The molecule has 1 fully saturated rings. The van der Waals surface area contributed by atoms with Crippen molar-refractivity contribution < 1.29 is 5.11 Å². The first-order valence-electron chi connectivity index (χ1n) is 6.59. The summed E-state index contributed by atoms with van der Waals surface area (Å²) in [5, 5.41) is 9.13. The first-order chi connectivity index (χ1) is 9.08.